The number of hydrogen-bond donors (Lipinski definition) is 1. The number of fused-ring (bicyclic) bond motifs is 1. The quantitative estimate of drug-likeness (QED) is 0.736. The van der Waals surface area contributed by atoms with Crippen LogP contribution >= 0.6 is 11.6 Å². The van der Waals surface area contributed by atoms with E-state index in [4.69, 9.17) is 11.6 Å². The minimum absolute atomic E-state index is 0.200. The van der Waals surface area contributed by atoms with Crippen LogP contribution in [0.2, 0.25) is 5.02 Å². The number of aryl methyl sites for hydroxylation is 1. The molecule has 2 heterocycles. The van der Waals surface area contributed by atoms with E-state index in [1.165, 1.54) is 0 Å². The van der Waals surface area contributed by atoms with Crippen molar-refractivity contribution in [3.63, 3.8) is 0 Å². The maximum absolute atomic E-state index is 12.1. The van der Waals surface area contributed by atoms with Gasteiger partial charge in [0.25, 0.3) is 5.56 Å². The molecule has 0 saturated heterocycles. The predicted molar refractivity (Wildman–Crippen MR) is 84.1 cm³/mol. The van der Waals surface area contributed by atoms with Crippen LogP contribution in [0.25, 0.3) is 22.6 Å². The first kappa shape index (κ1) is 14.0. The topological polar surface area (TPSA) is 87.4 Å². The van der Waals surface area contributed by atoms with E-state index in [1.54, 1.807) is 48.4 Å². The van der Waals surface area contributed by atoms with Gasteiger partial charge in [0.15, 0.2) is 5.82 Å². The number of nitrogens with one attached hydrogen (secondary N) is 1. The predicted octanol–water partition coefficient (Wildman–Crippen LogP) is 2.37. The van der Waals surface area contributed by atoms with Crippen LogP contribution in [-0.2, 0) is 7.05 Å². The molecule has 22 heavy (non-hydrogen) atoms. The van der Waals surface area contributed by atoms with Crippen molar-refractivity contribution in [2.45, 2.75) is 0 Å². The van der Waals surface area contributed by atoms with Crippen molar-refractivity contribution in [2.75, 3.05) is 0 Å². The number of nitrogens with zero attached hydrogens (tertiary/aromatic N) is 4. The minimum Gasteiger partial charge on any atom is -0.305 e. The second-order valence-electron chi connectivity index (χ2n) is 4.69. The van der Waals surface area contributed by atoms with Crippen LogP contribution in [0.4, 0.5) is 0 Å². The molecule has 3 aromatic rings. The number of halogens is 1. The van der Waals surface area contributed by atoms with Crippen LogP contribution in [0, 0.1) is 11.3 Å². The van der Waals surface area contributed by atoms with Gasteiger partial charge in [0, 0.05) is 23.8 Å². The second-order valence-corrected chi connectivity index (χ2v) is 5.13. The molecule has 1 N–H and O–H groups in total. The van der Waals surface area contributed by atoms with E-state index in [-0.39, 0.29) is 17.0 Å². The highest BCUT2D eigenvalue weighted by molar-refractivity contribution is 6.31. The number of hydrogen-bond acceptors (Lipinski definition) is 4. The van der Waals surface area contributed by atoms with Crippen molar-refractivity contribution in [2.24, 2.45) is 7.05 Å². The van der Waals surface area contributed by atoms with Gasteiger partial charge in [0.2, 0.25) is 0 Å². The molecular formula is C15H10ClN5O. The van der Waals surface area contributed by atoms with E-state index in [0.717, 1.165) is 5.56 Å². The largest absolute Gasteiger partial charge is 0.305 e. The highest BCUT2D eigenvalue weighted by Crippen LogP contribution is 2.18. The zero-order chi connectivity index (χ0) is 15.7. The normalized spacial score (nSPS) is 11.6. The van der Waals surface area contributed by atoms with Crippen LogP contribution in [0.15, 0.2) is 35.4 Å². The Bertz CT molecular complexity index is 993. The molecule has 0 radical (unpaired) electrons. The Hall–Kier alpha value is -2.91. The Balaban J connectivity index is 2.18. The van der Waals surface area contributed by atoms with Crippen molar-refractivity contribution in [3.05, 3.63) is 57.4 Å². The molecule has 2 aromatic heterocycles. The summed E-state index contributed by atoms with van der Waals surface area (Å²) >= 11 is 5.93. The van der Waals surface area contributed by atoms with Crippen molar-refractivity contribution >= 4 is 34.2 Å². The zero-order valence-electron chi connectivity index (χ0n) is 11.5. The molecule has 3 rings (SSSR count). The van der Waals surface area contributed by atoms with Crippen LogP contribution in [-0.4, -0.2) is 19.7 Å². The summed E-state index contributed by atoms with van der Waals surface area (Å²) in [6, 6.07) is 6.86. The highest BCUT2D eigenvalue weighted by atomic mass is 35.5. The summed E-state index contributed by atoms with van der Waals surface area (Å²) < 4.78 is 1.62. The number of H-pyrrole nitrogens is 1. The number of allylic oxidation sites excluding steroid dienone is 1. The molecule has 7 heteroatoms. The van der Waals surface area contributed by atoms with Gasteiger partial charge >= 0.3 is 0 Å². The Morgan fingerprint density at radius 1 is 1.50 bits per heavy atom. The molecule has 0 atom stereocenters. The van der Waals surface area contributed by atoms with Gasteiger partial charge in [0.1, 0.15) is 6.07 Å². The zero-order valence-corrected chi connectivity index (χ0v) is 12.3. The van der Waals surface area contributed by atoms with Crippen molar-refractivity contribution < 1.29 is 0 Å². The minimum atomic E-state index is -0.316. The lowest BCUT2D eigenvalue weighted by molar-refractivity contribution is 0.767. The summed E-state index contributed by atoms with van der Waals surface area (Å²) in [5.41, 5.74) is 1.11. The van der Waals surface area contributed by atoms with E-state index in [2.05, 4.69) is 15.1 Å². The first-order chi connectivity index (χ1) is 10.6. The fraction of sp³-hybridized carbons (Fsp3) is 0.0667. The number of benzene rings is 1. The third-order valence-electron chi connectivity index (χ3n) is 3.08. The van der Waals surface area contributed by atoms with Crippen LogP contribution in [0.3, 0.4) is 0 Å². The fourth-order valence-electron chi connectivity index (χ4n) is 2.08. The summed E-state index contributed by atoms with van der Waals surface area (Å²) in [6.45, 7) is 0. The molecule has 0 saturated carbocycles. The molecule has 0 aliphatic carbocycles. The summed E-state index contributed by atoms with van der Waals surface area (Å²) in [5.74, 6) is 0.200. The lowest BCUT2D eigenvalue weighted by atomic mass is 10.2. The number of aromatic amines is 1. The van der Waals surface area contributed by atoms with E-state index >= 15 is 0 Å². The van der Waals surface area contributed by atoms with E-state index < -0.39 is 0 Å². The number of nitriles is 1. The van der Waals surface area contributed by atoms with Crippen molar-refractivity contribution in [1.29, 1.82) is 5.26 Å². The van der Waals surface area contributed by atoms with Crippen LogP contribution in [0.1, 0.15) is 11.4 Å². The Kier molecular flexibility index (Phi) is 3.49. The van der Waals surface area contributed by atoms with Crippen LogP contribution in [0.5, 0.6) is 0 Å². The summed E-state index contributed by atoms with van der Waals surface area (Å²) in [7, 11) is 1.78. The maximum atomic E-state index is 12.1. The van der Waals surface area contributed by atoms with Gasteiger partial charge in [-0.15, -0.1) is 0 Å². The first-order valence-corrected chi connectivity index (χ1v) is 6.75. The molecule has 0 spiro atoms. The highest BCUT2D eigenvalue weighted by Gasteiger charge is 2.09. The average molecular weight is 312 g/mol. The monoisotopic (exact) mass is 311 g/mol. The number of rotatable bonds is 2. The molecule has 1 aromatic carbocycles. The Morgan fingerprint density at radius 2 is 2.32 bits per heavy atom. The van der Waals surface area contributed by atoms with Gasteiger partial charge < -0.3 is 4.98 Å². The van der Waals surface area contributed by atoms with Gasteiger partial charge in [-0.1, -0.05) is 11.6 Å². The second kappa shape index (κ2) is 5.47. The first-order valence-electron chi connectivity index (χ1n) is 6.37. The summed E-state index contributed by atoms with van der Waals surface area (Å²) in [4.78, 5) is 19.0. The summed E-state index contributed by atoms with van der Waals surface area (Å²) in [6.07, 6.45) is 4.99. The standard InChI is InChI=1S/C15H10ClN5O/c1-21-8-9(7-18-21)4-10(6-17)14-19-13-5-11(16)2-3-12(13)15(22)20-14/h2-5,7-8H,1H3,(H,19,20,22)/b10-4+. The summed E-state index contributed by atoms with van der Waals surface area (Å²) in [5, 5.41) is 14.3. The van der Waals surface area contributed by atoms with Gasteiger partial charge in [-0.05, 0) is 24.3 Å². The molecular weight excluding hydrogens is 302 g/mol. The molecule has 6 nitrogen and oxygen atoms in total. The van der Waals surface area contributed by atoms with E-state index in [1.807, 2.05) is 6.07 Å². The van der Waals surface area contributed by atoms with Crippen molar-refractivity contribution in [1.82, 2.24) is 19.7 Å². The van der Waals surface area contributed by atoms with Gasteiger partial charge in [-0.2, -0.15) is 10.4 Å². The molecule has 0 bridgehead atoms. The Labute approximate surface area is 130 Å². The van der Waals surface area contributed by atoms with Crippen LogP contribution < -0.4 is 5.56 Å². The van der Waals surface area contributed by atoms with E-state index in [0.29, 0.717) is 15.9 Å². The SMILES string of the molecule is Cn1cc(/C=C(\C#N)c2nc3cc(Cl)ccc3c(=O)[nH]2)cn1. The van der Waals surface area contributed by atoms with Gasteiger partial charge in [0.05, 0.1) is 22.7 Å². The Morgan fingerprint density at radius 3 is 3.00 bits per heavy atom. The molecule has 108 valence electrons. The molecule has 0 aliphatic heterocycles. The third kappa shape index (κ3) is 2.62. The third-order valence-corrected chi connectivity index (χ3v) is 3.32. The van der Waals surface area contributed by atoms with Gasteiger partial charge in [-0.25, -0.2) is 4.98 Å². The van der Waals surface area contributed by atoms with E-state index in [9.17, 15) is 10.1 Å². The molecule has 0 amide bonds. The van der Waals surface area contributed by atoms with Gasteiger partial charge in [-0.3, -0.25) is 9.48 Å². The maximum Gasteiger partial charge on any atom is 0.259 e. The lowest BCUT2D eigenvalue weighted by Crippen LogP contribution is -2.11. The number of aromatic nitrogens is 4. The fourth-order valence-corrected chi connectivity index (χ4v) is 2.24. The average Bonchev–Trinajstić information content (AvgIpc) is 2.89. The lowest BCUT2D eigenvalue weighted by Gasteiger charge is -2.02. The molecule has 0 aliphatic rings. The smallest absolute Gasteiger partial charge is 0.259 e. The van der Waals surface area contributed by atoms with Crippen molar-refractivity contribution in [3.8, 4) is 6.07 Å². The molecule has 0 unspecified atom stereocenters. The molecule has 0 fully saturated rings.